The lowest BCUT2D eigenvalue weighted by atomic mass is 10.2. The number of hydrogen-bond donors (Lipinski definition) is 2. The molecule has 1 aromatic carbocycles. The molecular weight excluding hydrogens is 388 g/mol. The fraction of sp³-hybridized carbons (Fsp3) is 0.312. The number of esters is 1. The average Bonchev–Trinajstić information content (AvgIpc) is 3.16. The van der Waals surface area contributed by atoms with E-state index >= 15 is 0 Å². The van der Waals surface area contributed by atoms with Gasteiger partial charge in [0.2, 0.25) is 11.9 Å². The van der Waals surface area contributed by atoms with Crippen LogP contribution in [0, 0.1) is 6.92 Å². The summed E-state index contributed by atoms with van der Waals surface area (Å²) in [6.45, 7) is 3.95. The van der Waals surface area contributed by atoms with Crippen LogP contribution in [0.25, 0.3) is 10.2 Å². The summed E-state index contributed by atoms with van der Waals surface area (Å²) < 4.78 is 7.31. The van der Waals surface area contributed by atoms with Gasteiger partial charge >= 0.3 is 5.97 Å². The second-order valence-electron chi connectivity index (χ2n) is 5.56. The summed E-state index contributed by atoms with van der Waals surface area (Å²) >= 11 is 2.51. The third-order valence-electron chi connectivity index (χ3n) is 3.46. The Labute approximate surface area is 163 Å². The molecule has 27 heavy (non-hydrogen) atoms. The van der Waals surface area contributed by atoms with Crippen LogP contribution >= 0.6 is 23.1 Å². The number of hydrogen-bond acceptors (Lipinski definition) is 9. The van der Waals surface area contributed by atoms with E-state index in [-0.39, 0.29) is 30.1 Å². The molecule has 142 valence electrons. The average molecular weight is 406 g/mol. The lowest BCUT2D eigenvalue weighted by molar-refractivity contribution is -0.139. The summed E-state index contributed by atoms with van der Waals surface area (Å²) in [5.74, 6) is -0.526. The first-order valence-corrected chi connectivity index (χ1v) is 9.90. The highest BCUT2D eigenvalue weighted by Crippen LogP contribution is 2.27. The highest BCUT2D eigenvalue weighted by atomic mass is 32.2. The van der Waals surface area contributed by atoms with Crippen molar-refractivity contribution < 1.29 is 14.3 Å². The number of nitrogen functional groups attached to an aromatic ring is 1. The predicted octanol–water partition coefficient (Wildman–Crippen LogP) is 2.07. The van der Waals surface area contributed by atoms with Gasteiger partial charge in [-0.25, -0.2) is 4.98 Å². The molecule has 0 saturated carbocycles. The molecule has 0 aliphatic carbocycles. The van der Waals surface area contributed by atoms with Gasteiger partial charge < -0.3 is 15.8 Å². The van der Waals surface area contributed by atoms with Crippen molar-refractivity contribution in [1.82, 2.24) is 19.7 Å². The number of rotatable bonds is 7. The van der Waals surface area contributed by atoms with E-state index in [0.29, 0.717) is 16.9 Å². The van der Waals surface area contributed by atoms with E-state index in [1.165, 1.54) is 15.9 Å². The molecule has 0 atom stereocenters. The van der Waals surface area contributed by atoms with Crippen LogP contribution in [0.3, 0.4) is 0 Å². The number of carbonyl (C=O) groups is 2. The Morgan fingerprint density at radius 3 is 2.96 bits per heavy atom. The smallest absolute Gasteiger partial charge is 0.316 e. The number of nitrogens with zero attached hydrogens (tertiary/aromatic N) is 4. The molecule has 0 bridgehead atoms. The van der Waals surface area contributed by atoms with Gasteiger partial charge in [-0.05, 0) is 31.5 Å². The summed E-state index contributed by atoms with van der Waals surface area (Å²) in [5, 5.41) is 11.3. The summed E-state index contributed by atoms with van der Waals surface area (Å²) in [7, 11) is 0. The first-order chi connectivity index (χ1) is 13.0. The van der Waals surface area contributed by atoms with E-state index in [0.717, 1.165) is 27.5 Å². The Balaban J connectivity index is 1.66. The number of thioether (sulfide) groups is 1. The highest BCUT2D eigenvalue weighted by molar-refractivity contribution is 7.99. The standard InChI is InChI=1S/C16H18N6O3S2/c1-3-25-13(24)8-26-16-21-20-14(17)22(16)7-12(23)19-15-18-10-5-4-9(2)6-11(10)27-15/h4-6H,3,7-8H2,1-2H3,(H2,17,20)(H,18,19,23). The minimum absolute atomic E-state index is 0.0603. The number of carbonyl (C=O) groups excluding carboxylic acids is 2. The van der Waals surface area contributed by atoms with Crippen LogP contribution in [0.5, 0.6) is 0 Å². The Morgan fingerprint density at radius 1 is 1.37 bits per heavy atom. The number of benzene rings is 1. The number of thiazole rings is 1. The van der Waals surface area contributed by atoms with Crippen LogP contribution in [0.1, 0.15) is 12.5 Å². The van der Waals surface area contributed by atoms with E-state index in [9.17, 15) is 9.59 Å². The lowest BCUT2D eigenvalue weighted by Gasteiger charge is -2.07. The molecule has 0 unspecified atom stereocenters. The number of fused-ring (bicyclic) bond motifs is 1. The maximum absolute atomic E-state index is 12.4. The maximum atomic E-state index is 12.4. The van der Waals surface area contributed by atoms with Gasteiger partial charge in [0, 0.05) is 0 Å². The molecule has 1 amide bonds. The quantitative estimate of drug-likeness (QED) is 0.451. The van der Waals surface area contributed by atoms with Crippen molar-refractivity contribution >= 4 is 56.3 Å². The number of ether oxygens (including phenoxy) is 1. The molecule has 9 nitrogen and oxygen atoms in total. The normalized spacial score (nSPS) is 10.9. The molecule has 2 aromatic heterocycles. The van der Waals surface area contributed by atoms with Gasteiger partial charge in [0.1, 0.15) is 6.54 Å². The Hall–Kier alpha value is -2.66. The number of aromatic nitrogens is 4. The highest BCUT2D eigenvalue weighted by Gasteiger charge is 2.16. The van der Waals surface area contributed by atoms with Crippen LogP contribution in [0.15, 0.2) is 23.4 Å². The minimum Gasteiger partial charge on any atom is -0.465 e. The van der Waals surface area contributed by atoms with Crippen molar-refractivity contribution in [2.75, 3.05) is 23.4 Å². The number of amides is 1. The van der Waals surface area contributed by atoms with Crippen molar-refractivity contribution in [3.63, 3.8) is 0 Å². The Bertz CT molecular complexity index is 984. The van der Waals surface area contributed by atoms with Crippen LogP contribution < -0.4 is 11.1 Å². The maximum Gasteiger partial charge on any atom is 0.316 e. The van der Waals surface area contributed by atoms with Crippen molar-refractivity contribution in [3.8, 4) is 0 Å². The number of anilines is 2. The van der Waals surface area contributed by atoms with Gasteiger partial charge in [-0.3, -0.25) is 14.2 Å². The summed E-state index contributed by atoms with van der Waals surface area (Å²) in [6, 6.07) is 5.90. The van der Waals surface area contributed by atoms with E-state index in [2.05, 4.69) is 20.5 Å². The molecule has 3 rings (SSSR count). The number of aryl methyl sites for hydroxylation is 1. The lowest BCUT2D eigenvalue weighted by Crippen LogP contribution is -2.20. The van der Waals surface area contributed by atoms with Crippen molar-refractivity contribution in [3.05, 3.63) is 23.8 Å². The molecule has 0 radical (unpaired) electrons. The molecule has 0 spiro atoms. The van der Waals surface area contributed by atoms with Gasteiger partial charge in [0.25, 0.3) is 0 Å². The number of nitrogens with one attached hydrogen (secondary N) is 1. The third-order valence-corrected chi connectivity index (χ3v) is 5.34. The molecule has 0 saturated heterocycles. The topological polar surface area (TPSA) is 125 Å². The monoisotopic (exact) mass is 406 g/mol. The minimum atomic E-state index is -0.371. The molecule has 0 aliphatic rings. The van der Waals surface area contributed by atoms with Gasteiger partial charge in [0.15, 0.2) is 10.3 Å². The number of nitrogens with two attached hydrogens (primary N) is 1. The summed E-state index contributed by atoms with van der Waals surface area (Å²) in [6.07, 6.45) is 0. The molecule has 0 aliphatic heterocycles. The Kier molecular flexibility index (Phi) is 5.91. The zero-order chi connectivity index (χ0) is 19.4. The van der Waals surface area contributed by atoms with Gasteiger partial charge in [-0.15, -0.1) is 10.2 Å². The SMILES string of the molecule is CCOC(=O)CSc1nnc(N)n1CC(=O)Nc1nc2ccc(C)cc2s1. The zero-order valence-corrected chi connectivity index (χ0v) is 16.4. The van der Waals surface area contributed by atoms with Crippen LogP contribution in [-0.4, -0.2) is 44.0 Å². The van der Waals surface area contributed by atoms with E-state index in [1.54, 1.807) is 6.92 Å². The second-order valence-corrected chi connectivity index (χ2v) is 7.53. The van der Waals surface area contributed by atoms with Crippen LogP contribution in [0.4, 0.5) is 11.1 Å². The predicted molar refractivity (Wildman–Crippen MR) is 105 cm³/mol. The van der Waals surface area contributed by atoms with Gasteiger partial charge in [0.05, 0.1) is 22.6 Å². The molecule has 3 N–H and O–H groups in total. The fourth-order valence-corrected chi connectivity index (χ4v) is 3.99. The van der Waals surface area contributed by atoms with Crippen molar-refractivity contribution in [2.45, 2.75) is 25.5 Å². The third kappa shape index (κ3) is 4.74. The molecular formula is C16H18N6O3S2. The van der Waals surface area contributed by atoms with Crippen molar-refractivity contribution in [1.29, 1.82) is 0 Å². The molecule has 11 heteroatoms. The fourth-order valence-electron chi connectivity index (χ4n) is 2.27. The first kappa shape index (κ1) is 19.1. The Morgan fingerprint density at radius 2 is 2.19 bits per heavy atom. The summed E-state index contributed by atoms with van der Waals surface area (Å²) in [5.41, 5.74) is 7.75. The van der Waals surface area contributed by atoms with Crippen LogP contribution in [-0.2, 0) is 20.9 Å². The largest absolute Gasteiger partial charge is 0.465 e. The van der Waals surface area contributed by atoms with Gasteiger partial charge in [-0.2, -0.15) is 0 Å². The van der Waals surface area contributed by atoms with E-state index in [1.807, 2.05) is 25.1 Å². The first-order valence-electron chi connectivity index (χ1n) is 8.10. The zero-order valence-electron chi connectivity index (χ0n) is 14.8. The van der Waals surface area contributed by atoms with E-state index < -0.39 is 0 Å². The van der Waals surface area contributed by atoms with Crippen molar-refractivity contribution in [2.24, 2.45) is 0 Å². The van der Waals surface area contributed by atoms with E-state index in [4.69, 9.17) is 10.5 Å². The van der Waals surface area contributed by atoms with Gasteiger partial charge in [-0.1, -0.05) is 29.2 Å². The van der Waals surface area contributed by atoms with Crippen LogP contribution in [0.2, 0.25) is 0 Å². The second kappa shape index (κ2) is 8.35. The summed E-state index contributed by atoms with van der Waals surface area (Å²) in [4.78, 5) is 28.3. The molecule has 3 aromatic rings. The molecule has 2 heterocycles. The molecule has 0 fully saturated rings.